The number of amides is 1. The van der Waals surface area contributed by atoms with Crippen LogP contribution in [0.1, 0.15) is 15.8 Å². The molecule has 1 aromatic carbocycles. The van der Waals surface area contributed by atoms with E-state index >= 15 is 0 Å². The van der Waals surface area contributed by atoms with E-state index in [1.807, 2.05) is 0 Å². The van der Waals surface area contributed by atoms with Gasteiger partial charge in [-0.25, -0.2) is 0 Å². The molecular formula is C7H7NO. The highest BCUT2D eigenvalue weighted by molar-refractivity contribution is 5.92. The molecule has 0 radical (unpaired) electrons. The Kier molecular flexibility index (Phi) is 0.646. The number of primary amides is 1. The van der Waals surface area contributed by atoms with E-state index in [1.54, 1.807) is 0 Å². The maximum Gasteiger partial charge on any atom is 0.248 e. The highest BCUT2D eigenvalue weighted by atomic mass is 16.1. The molecule has 0 spiro atoms. The van der Waals surface area contributed by atoms with E-state index in [0.717, 1.165) is 6.07 Å². The molecule has 0 aliphatic rings. The average Bonchev–Trinajstić information content (AvgIpc) is 2.07. The molecule has 0 aliphatic heterocycles. The minimum Gasteiger partial charge on any atom is -0.366 e. The fourth-order valence-electron chi connectivity index (χ4n) is 0.412. The summed E-state index contributed by atoms with van der Waals surface area (Å²) in [5, 5.41) is 0. The summed E-state index contributed by atoms with van der Waals surface area (Å²) in [7, 11) is 0. The molecule has 0 saturated carbocycles. The molecule has 9 heavy (non-hydrogen) atoms. The molecule has 1 amide bonds. The first-order chi connectivity index (χ1) is 5.95. The lowest BCUT2D eigenvalue weighted by Gasteiger charge is -1.89. The Labute approximate surface area is 58.9 Å². The van der Waals surface area contributed by atoms with Crippen molar-refractivity contribution in [1.82, 2.24) is 0 Å². The molecule has 1 aromatic rings. The Morgan fingerprint density at radius 2 is 2.33 bits per heavy atom. The fourth-order valence-corrected chi connectivity index (χ4v) is 0.412. The predicted molar refractivity (Wildman–Crippen MR) is 35.0 cm³/mol. The van der Waals surface area contributed by atoms with Gasteiger partial charge in [-0.2, -0.15) is 0 Å². The predicted octanol–water partition coefficient (Wildman–Crippen LogP) is 0.786. The Morgan fingerprint density at radius 1 is 1.56 bits per heavy atom. The van der Waals surface area contributed by atoms with Gasteiger partial charge in [-0.05, 0) is 12.1 Å². The maximum atomic E-state index is 10.7. The molecule has 0 unspecified atom stereocenters. The summed E-state index contributed by atoms with van der Waals surface area (Å²) < 4.78 is 28.9. The molecule has 46 valence electrons. The van der Waals surface area contributed by atoms with Crippen LogP contribution in [0.2, 0.25) is 0 Å². The minimum atomic E-state index is -0.855. The molecule has 0 saturated heterocycles. The van der Waals surface area contributed by atoms with Crippen molar-refractivity contribution in [2.24, 2.45) is 5.73 Å². The van der Waals surface area contributed by atoms with Crippen LogP contribution in [0.4, 0.5) is 0 Å². The van der Waals surface area contributed by atoms with Crippen LogP contribution in [0, 0.1) is 0 Å². The molecule has 0 heterocycles. The van der Waals surface area contributed by atoms with Gasteiger partial charge in [0.2, 0.25) is 5.91 Å². The monoisotopic (exact) mass is 125 g/mol. The van der Waals surface area contributed by atoms with Gasteiger partial charge >= 0.3 is 0 Å². The summed E-state index contributed by atoms with van der Waals surface area (Å²) in [6.07, 6.45) is 0. The molecule has 0 fully saturated rings. The van der Waals surface area contributed by atoms with E-state index in [4.69, 9.17) is 11.2 Å². The molecule has 0 bridgehead atoms. The summed E-state index contributed by atoms with van der Waals surface area (Å²) >= 11 is 0. The molecule has 0 atom stereocenters. The number of hydrogen-bond donors (Lipinski definition) is 1. The van der Waals surface area contributed by atoms with Crippen molar-refractivity contribution in [1.29, 1.82) is 0 Å². The lowest BCUT2D eigenvalue weighted by atomic mass is 10.2. The van der Waals surface area contributed by atoms with E-state index in [-0.39, 0.29) is 17.6 Å². The Hall–Kier alpha value is -1.31. The van der Waals surface area contributed by atoms with E-state index in [9.17, 15) is 4.79 Å². The van der Waals surface area contributed by atoms with Crippen LogP contribution in [0.5, 0.6) is 0 Å². The number of nitrogens with two attached hydrogens (primary N) is 1. The van der Waals surface area contributed by atoms with E-state index in [0.29, 0.717) is 0 Å². The van der Waals surface area contributed by atoms with Crippen LogP contribution in [0.3, 0.4) is 0 Å². The third-order valence-corrected chi connectivity index (χ3v) is 0.814. The number of rotatable bonds is 1. The van der Waals surface area contributed by atoms with Crippen LogP contribution >= 0.6 is 0 Å². The zero-order valence-corrected chi connectivity index (χ0v) is 4.56. The van der Waals surface area contributed by atoms with Gasteiger partial charge in [-0.1, -0.05) is 18.1 Å². The van der Waals surface area contributed by atoms with E-state index in [1.165, 1.54) is 0 Å². The van der Waals surface area contributed by atoms with Crippen LogP contribution in [-0.4, -0.2) is 5.91 Å². The topological polar surface area (TPSA) is 43.1 Å². The zero-order valence-electron chi connectivity index (χ0n) is 8.56. The zero-order chi connectivity index (χ0) is 10.2. The van der Waals surface area contributed by atoms with Gasteiger partial charge < -0.3 is 5.73 Å². The molecule has 1 rings (SSSR count). The normalized spacial score (nSPS) is 15.1. The van der Waals surface area contributed by atoms with Gasteiger partial charge in [0.1, 0.15) is 0 Å². The Morgan fingerprint density at radius 3 is 3.00 bits per heavy atom. The van der Waals surface area contributed by atoms with Gasteiger partial charge in [0.15, 0.2) is 0 Å². The summed E-state index contributed by atoms with van der Waals surface area (Å²) in [5.41, 5.74) is 4.73. The fraction of sp³-hybridized carbons (Fsp3) is 0. The summed E-state index contributed by atoms with van der Waals surface area (Å²) in [6.45, 7) is 0. The van der Waals surface area contributed by atoms with Gasteiger partial charge in [0, 0.05) is 5.56 Å². The largest absolute Gasteiger partial charge is 0.366 e. The first-order valence-corrected chi connectivity index (χ1v) is 2.32. The van der Waals surface area contributed by atoms with E-state index < -0.39 is 18.0 Å². The lowest BCUT2D eigenvalue weighted by Crippen LogP contribution is -2.09. The standard InChI is InChI=1S/C7H7NO/c8-7(9)6-4-2-1-3-5-6/h1-5H,(H2,8,9)/i1D,2D,3D,4D. The third kappa shape index (κ3) is 1.29. The van der Waals surface area contributed by atoms with Gasteiger partial charge in [-0.3, -0.25) is 4.79 Å². The van der Waals surface area contributed by atoms with Gasteiger partial charge in [0.05, 0.1) is 5.48 Å². The molecule has 0 aliphatic carbocycles. The molecule has 2 N–H and O–H groups in total. The van der Waals surface area contributed by atoms with Crippen LogP contribution in [-0.2, 0) is 0 Å². The highest BCUT2D eigenvalue weighted by Crippen LogP contribution is 1.94. The van der Waals surface area contributed by atoms with Gasteiger partial charge in [-0.15, -0.1) is 0 Å². The van der Waals surface area contributed by atoms with Crippen LogP contribution in [0.15, 0.2) is 30.2 Å². The van der Waals surface area contributed by atoms with Crippen molar-refractivity contribution in [2.45, 2.75) is 0 Å². The third-order valence-electron chi connectivity index (χ3n) is 0.814. The van der Waals surface area contributed by atoms with Crippen molar-refractivity contribution in [3.8, 4) is 0 Å². The quantitative estimate of drug-likeness (QED) is 0.592. The molecule has 2 heteroatoms. The SMILES string of the molecule is [2H]c1cc(C(N)=O)c([2H])c([2H])c1[2H]. The molecular weight excluding hydrogens is 114 g/mol. The first kappa shape index (κ1) is 2.52. The van der Waals surface area contributed by atoms with Crippen molar-refractivity contribution in [3.05, 3.63) is 35.8 Å². The van der Waals surface area contributed by atoms with Crippen molar-refractivity contribution >= 4 is 5.91 Å². The number of carbonyl (C=O) groups is 1. The molecule has 0 aromatic heterocycles. The van der Waals surface area contributed by atoms with Crippen molar-refractivity contribution < 1.29 is 10.3 Å². The van der Waals surface area contributed by atoms with Gasteiger partial charge in [0.25, 0.3) is 0 Å². The second-order valence-corrected chi connectivity index (χ2v) is 1.44. The highest BCUT2D eigenvalue weighted by Gasteiger charge is 1.93. The maximum absolute atomic E-state index is 10.7. The van der Waals surface area contributed by atoms with Crippen molar-refractivity contribution in [2.75, 3.05) is 0 Å². The minimum absolute atomic E-state index is 0.189. The molecule has 2 nitrogen and oxygen atoms in total. The van der Waals surface area contributed by atoms with Crippen LogP contribution in [0.25, 0.3) is 0 Å². The average molecular weight is 125 g/mol. The van der Waals surface area contributed by atoms with Crippen molar-refractivity contribution in [3.63, 3.8) is 0 Å². The Bertz CT molecular complexity index is 377. The lowest BCUT2D eigenvalue weighted by molar-refractivity contribution is 0.100. The number of carbonyl (C=O) groups excluding carboxylic acids is 1. The number of hydrogen-bond acceptors (Lipinski definition) is 1. The van der Waals surface area contributed by atoms with Crippen LogP contribution < -0.4 is 5.73 Å². The summed E-state index contributed by atoms with van der Waals surface area (Å²) in [4.78, 5) is 10.7. The first-order valence-electron chi connectivity index (χ1n) is 4.32. The second kappa shape index (κ2) is 2.31. The second-order valence-electron chi connectivity index (χ2n) is 1.44. The smallest absolute Gasteiger partial charge is 0.248 e. The Balaban J connectivity index is 3.50. The summed E-state index contributed by atoms with van der Waals surface area (Å²) in [5.74, 6) is -0.855. The summed E-state index contributed by atoms with van der Waals surface area (Å²) in [6, 6.07) is -0.440. The number of benzene rings is 1. The van der Waals surface area contributed by atoms with E-state index in [2.05, 4.69) is 0 Å².